The second kappa shape index (κ2) is 4.81. The van der Waals surface area contributed by atoms with Crippen molar-refractivity contribution in [3.63, 3.8) is 0 Å². The van der Waals surface area contributed by atoms with Gasteiger partial charge in [0, 0.05) is 43.9 Å². The number of rotatable bonds is 3. The third kappa shape index (κ3) is 2.60. The fraction of sp³-hybridized carbons (Fsp3) is 1.00. The minimum atomic E-state index is -0.297. The summed E-state index contributed by atoms with van der Waals surface area (Å²) < 4.78 is 11.2. The van der Waals surface area contributed by atoms with Crippen LogP contribution in [-0.2, 0) is 9.47 Å². The van der Waals surface area contributed by atoms with E-state index in [1.54, 1.807) is 0 Å². The molecule has 2 aliphatic heterocycles. The summed E-state index contributed by atoms with van der Waals surface area (Å²) in [6, 6.07) is 0. The molecule has 0 aromatic heterocycles. The Labute approximate surface area is 88.8 Å². The highest BCUT2D eigenvalue weighted by Crippen LogP contribution is 2.30. The maximum atomic E-state index is 8.16. The molecular weight excluding hydrogens is 196 g/mol. The first-order valence-electron chi connectivity index (χ1n) is 5.36. The van der Waals surface area contributed by atoms with Gasteiger partial charge in [0.25, 0.3) is 0 Å². The Kier molecular flexibility index (Phi) is 3.43. The van der Waals surface area contributed by atoms with Crippen LogP contribution in [-0.4, -0.2) is 50.1 Å². The first-order valence-corrected chi connectivity index (χ1v) is 5.36. The first kappa shape index (κ1) is 10.7. The number of hydrogen-bond acceptors (Lipinski definition) is 4. The van der Waals surface area contributed by atoms with Crippen molar-refractivity contribution >= 4 is 0 Å². The van der Waals surface area contributed by atoms with E-state index in [1.807, 2.05) is 0 Å². The Hall–Kier alpha value is -0.810. The molecule has 2 saturated heterocycles. The summed E-state index contributed by atoms with van der Waals surface area (Å²) in [7, 11) is 0. The highest BCUT2D eigenvalue weighted by atomic mass is 16.7. The lowest BCUT2D eigenvalue weighted by atomic mass is 10.0. The molecule has 15 heavy (non-hydrogen) atoms. The summed E-state index contributed by atoms with van der Waals surface area (Å²) in [5, 5.41) is 3.53. The van der Waals surface area contributed by atoms with Crippen LogP contribution < -0.4 is 0 Å². The summed E-state index contributed by atoms with van der Waals surface area (Å²) in [4.78, 5) is 5.02. The number of likely N-dealkylation sites (tertiary alicyclic amines) is 1. The van der Waals surface area contributed by atoms with E-state index in [0.717, 1.165) is 45.7 Å². The predicted octanol–water partition coefficient (Wildman–Crippen LogP) is 1.14. The molecule has 0 bridgehead atoms. The van der Waals surface area contributed by atoms with Crippen molar-refractivity contribution in [2.75, 3.05) is 39.4 Å². The number of azide groups is 1. The van der Waals surface area contributed by atoms with Crippen LogP contribution in [0.15, 0.2) is 5.11 Å². The molecule has 84 valence electrons. The van der Waals surface area contributed by atoms with Crippen molar-refractivity contribution in [1.82, 2.24) is 4.90 Å². The van der Waals surface area contributed by atoms with Gasteiger partial charge in [0.05, 0.1) is 13.2 Å². The molecule has 0 saturated carbocycles. The maximum absolute atomic E-state index is 8.16. The number of ether oxygens (including phenoxy) is 2. The molecule has 0 amide bonds. The van der Waals surface area contributed by atoms with Crippen molar-refractivity contribution in [1.29, 1.82) is 0 Å². The molecule has 6 heteroatoms. The van der Waals surface area contributed by atoms with Gasteiger partial charge in [-0.25, -0.2) is 0 Å². The van der Waals surface area contributed by atoms with E-state index in [-0.39, 0.29) is 5.79 Å². The zero-order chi connectivity index (χ0) is 10.6. The number of nitrogens with zero attached hydrogens (tertiary/aromatic N) is 4. The van der Waals surface area contributed by atoms with Crippen LogP contribution in [0.2, 0.25) is 0 Å². The fourth-order valence-corrected chi connectivity index (χ4v) is 2.13. The van der Waals surface area contributed by atoms with E-state index in [9.17, 15) is 0 Å². The van der Waals surface area contributed by atoms with Crippen LogP contribution in [0, 0.1) is 0 Å². The van der Waals surface area contributed by atoms with Gasteiger partial charge in [-0.05, 0) is 5.53 Å². The number of hydrogen-bond donors (Lipinski definition) is 0. The van der Waals surface area contributed by atoms with Gasteiger partial charge in [0.15, 0.2) is 5.79 Å². The molecule has 0 N–H and O–H groups in total. The van der Waals surface area contributed by atoms with Gasteiger partial charge in [-0.1, -0.05) is 5.11 Å². The topological polar surface area (TPSA) is 70.5 Å². The highest BCUT2D eigenvalue weighted by molar-refractivity contribution is 4.82. The van der Waals surface area contributed by atoms with Gasteiger partial charge < -0.3 is 14.4 Å². The molecule has 2 aliphatic rings. The average Bonchev–Trinajstić information content (AvgIpc) is 2.71. The standard InChI is InChI=1S/C9H16N4O2/c10-12-11-3-6-13-4-1-9(2-5-13)14-7-8-15-9/h1-8H2. The van der Waals surface area contributed by atoms with E-state index in [2.05, 4.69) is 14.9 Å². The van der Waals surface area contributed by atoms with Gasteiger partial charge in [-0.3, -0.25) is 0 Å². The van der Waals surface area contributed by atoms with Crippen LogP contribution in [0.1, 0.15) is 12.8 Å². The lowest BCUT2D eigenvalue weighted by Gasteiger charge is -2.37. The maximum Gasteiger partial charge on any atom is 0.170 e. The van der Waals surface area contributed by atoms with Crippen LogP contribution in [0.3, 0.4) is 0 Å². The van der Waals surface area contributed by atoms with Crippen molar-refractivity contribution < 1.29 is 9.47 Å². The fourth-order valence-electron chi connectivity index (χ4n) is 2.13. The third-order valence-electron chi connectivity index (χ3n) is 3.01. The largest absolute Gasteiger partial charge is 0.347 e. The third-order valence-corrected chi connectivity index (χ3v) is 3.01. The second-order valence-corrected chi connectivity index (χ2v) is 3.90. The van der Waals surface area contributed by atoms with Crippen LogP contribution in [0.5, 0.6) is 0 Å². The Balaban J connectivity index is 1.74. The zero-order valence-electron chi connectivity index (χ0n) is 8.76. The van der Waals surface area contributed by atoms with Gasteiger partial charge in [0.1, 0.15) is 0 Å². The average molecular weight is 212 g/mol. The Bertz CT molecular complexity index is 249. The minimum absolute atomic E-state index is 0.297. The quantitative estimate of drug-likeness (QED) is 0.400. The molecule has 0 aliphatic carbocycles. The smallest absolute Gasteiger partial charge is 0.170 e. The van der Waals surface area contributed by atoms with Gasteiger partial charge in [-0.15, -0.1) is 0 Å². The summed E-state index contributed by atoms with van der Waals surface area (Å²) >= 11 is 0. The van der Waals surface area contributed by atoms with Crippen LogP contribution in [0.25, 0.3) is 10.4 Å². The summed E-state index contributed by atoms with van der Waals surface area (Å²) in [6.07, 6.45) is 1.84. The zero-order valence-corrected chi connectivity index (χ0v) is 8.76. The first-order chi connectivity index (χ1) is 7.35. The Morgan fingerprint density at radius 3 is 2.53 bits per heavy atom. The summed E-state index contributed by atoms with van der Waals surface area (Å²) in [5.41, 5.74) is 8.16. The van der Waals surface area contributed by atoms with Crippen molar-refractivity contribution in [2.24, 2.45) is 5.11 Å². The SMILES string of the molecule is [N-]=[N+]=NCCN1CCC2(CC1)OCCO2. The van der Waals surface area contributed by atoms with Crippen molar-refractivity contribution in [3.8, 4) is 0 Å². The van der Waals surface area contributed by atoms with E-state index in [1.165, 1.54) is 0 Å². The summed E-state index contributed by atoms with van der Waals surface area (Å²) in [5.74, 6) is -0.297. The molecule has 0 aromatic rings. The molecule has 2 fully saturated rings. The molecule has 0 unspecified atom stereocenters. The molecule has 6 nitrogen and oxygen atoms in total. The van der Waals surface area contributed by atoms with Crippen LogP contribution in [0.4, 0.5) is 0 Å². The van der Waals surface area contributed by atoms with E-state index < -0.39 is 0 Å². The molecule has 0 aromatic carbocycles. The molecule has 0 radical (unpaired) electrons. The normalized spacial score (nSPS) is 25.3. The molecule has 1 spiro atoms. The monoisotopic (exact) mass is 212 g/mol. The summed E-state index contributed by atoms with van der Waals surface area (Å²) in [6.45, 7) is 4.74. The lowest BCUT2D eigenvalue weighted by Crippen LogP contribution is -2.45. The molecule has 0 atom stereocenters. The second-order valence-electron chi connectivity index (χ2n) is 3.90. The van der Waals surface area contributed by atoms with E-state index in [4.69, 9.17) is 15.0 Å². The van der Waals surface area contributed by atoms with Crippen molar-refractivity contribution in [2.45, 2.75) is 18.6 Å². The number of piperidine rings is 1. The van der Waals surface area contributed by atoms with Gasteiger partial charge in [0.2, 0.25) is 0 Å². The van der Waals surface area contributed by atoms with Crippen LogP contribution >= 0.6 is 0 Å². The highest BCUT2D eigenvalue weighted by Gasteiger charge is 2.39. The molecular formula is C9H16N4O2. The van der Waals surface area contributed by atoms with E-state index >= 15 is 0 Å². The Morgan fingerprint density at radius 2 is 1.93 bits per heavy atom. The van der Waals surface area contributed by atoms with Gasteiger partial charge >= 0.3 is 0 Å². The molecule has 2 rings (SSSR count). The van der Waals surface area contributed by atoms with Gasteiger partial charge in [-0.2, -0.15) is 0 Å². The van der Waals surface area contributed by atoms with E-state index in [0.29, 0.717) is 6.54 Å². The predicted molar refractivity (Wildman–Crippen MR) is 54.3 cm³/mol. The Morgan fingerprint density at radius 1 is 1.27 bits per heavy atom. The molecule has 2 heterocycles. The van der Waals surface area contributed by atoms with Crippen molar-refractivity contribution in [3.05, 3.63) is 10.4 Å². The minimum Gasteiger partial charge on any atom is -0.347 e. The lowest BCUT2D eigenvalue weighted by molar-refractivity contribution is -0.184.